The van der Waals surface area contributed by atoms with Crippen molar-refractivity contribution in [3.8, 4) is 0 Å². The molecule has 0 fully saturated rings. The minimum absolute atomic E-state index is 0.338. The van der Waals surface area contributed by atoms with Crippen LogP contribution in [0.15, 0.2) is 0 Å². The van der Waals surface area contributed by atoms with Crippen molar-refractivity contribution in [2.75, 3.05) is 6.54 Å². The van der Waals surface area contributed by atoms with Crippen molar-refractivity contribution in [2.24, 2.45) is 11.5 Å². The van der Waals surface area contributed by atoms with E-state index in [1.165, 1.54) is 0 Å². The van der Waals surface area contributed by atoms with Crippen LogP contribution in [-0.2, 0) is 4.79 Å². The third-order valence-electron chi connectivity index (χ3n) is 1.11. The van der Waals surface area contributed by atoms with Gasteiger partial charge in [-0.25, -0.2) is 0 Å². The Bertz CT molecular complexity index is 114. The topological polar surface area (TPSA) is 81.1 Å². The highest BCUT2D eigenvalue weighted by Crippen LogP contribution is 1.77. The molecular formula is C6H15N3O. The SMILES string of the molecule is CC(C)NCC(N)C(N)=O. The second-order valence-electron chi connectivity index (χ2n) is 2.57. The maximum absolute atomic E-state index is 10.4. The molecular weight excluding hydrogens is 130 g/mol. The molecule has 4 nitrogen and oxygen atoms in total. The number of rotatable bonds is 4. The summed E-state index contributed by atoms with van der Waals surface area (Å²) in [5, 5.41) is 3.00. The fraction of sp³-hybridized carbons (Fsp3) is 0.833. The molecule has 0 saturated carbocycles. The van der Waals surface area contributed by atoms with Gasteiger partial charge in [0.1, 0.15) is 0 Å². The lowest BCUT2D eigenvalue weighted by atomic mass is 10.3. The van der Waals surface area contributed by atoms with Crippen LogP contribution in [-0.4, -0.2) is 24.5 Å². The van der Waals surface area contributed by atoms with Crippen LogP contribution >= 0.6 is 0 Å². The van der Waals surface area contributed by atoms with E-state index in [0.29, 0.717) is 12.6 Å². The van der Waals surface area contributed by atoms with E-state index in [-0.39, 0.29) is 0 Å². The predicted octanol–water partition coefficient (Wildman–Crippen LogP) is -1.20. The Morgan fingerprint density at radius 2 is 2.10 bits per heavy atom. The van der Waals surface area contributed by atoms with Crippen LogP contribution in [0, 0.1) is 0 Å². The number of hydrogen-bond acceptors (Lipinski definition) is 3. The Morgan fingerprint density at radius 1 is 1.60 bits per heavy atom. The van der Waals surface area contributed by atoms with Gasteiger partial charge >= 0.3 is 0 Å². The molecule has 60 valence electrons. The van der Waals surface area contributed by atoms with E-state index in [1.54, 1.807) is 0 Å². The van der Waals surface area contributed by atoms with Gasteiger partial charge in [0.2, 0.25) is 5.91 Å². The summed E-state index contributed by atoms with van der Waals surface area (Å²) in [7, 11) is 0. The summed E-state index contributed by atoms with van der Waals surface area (Å²) in [4.78, 5) is 10.4. The maximum Gasteiger partial charge on any atom is 0.235 e. The van der Waals surface area contributed by atoms with Crippen molar-refractivity contribution in [1.29, 1.82) is 0 Å². The van der Waals surface area contributed by atoms with Crippen LogP contribution in [0.2, 0.25) is 0 Å². The van der Waals surface area contributed by atoms with E-state index in [1.807, 2.05) is 13.8 Å². The number of hydrogen-bond donors (Lipinski definition) is 3. The van der Waals surface area contributed by atoms with Crippen molar-refractivity contribution in [2.45, 2.75) is 25.9 Å². The molecule has 0 aromatic carbocycles. The van der Waals surface area contributed by atoms with Gasteiger partial charge in [0.05, 0.1) is 6.04 Å². The van der Waals surface area contributed by atoms with E-state index in [2.05, 4.69) is 5.32 Å². The van der Waals surface area contributed by atoms with Crippen LogP contribution in [0.3, 0.4) is 0 Å². The van der Waals surface area contributed by atoms with Gasteiger partial charge in [-0.05, 0) is 0 Å². The van der Waals surface area contributed by atoms with Crippen LogP contribution in [0.5, 0.6) is 0 Å². The van der Waals surface area contributed by atoms with Crippen molar-refractivity contribution in [1.82, 2.24) is 5.32 Å². The lowest BCUT2D eigenvalue weighted by molar-refractivity contribution is -0.119. The molecule has 5 N–H and O–H groups in total. The fourth-order valence-electron chi connectivity index (χ4n) is 0.463. The van der Waals surface area contributed by atoms with Gasteiger partial charge in [-0.15, -0.1) is 0 Å². The zero-order chi connectivity index (χ0) is 8.15. The molecule has 0 radical (unpaired) electrons. The second kappa shape index (κ2) is 4.24. The number of nitrogens with two attached hydrogens (primary N) is 2. The first-order valence-corrected chi connectivity index (χ1v) is 3.32. The molecule has 0 spiro atoms. The number of nitrogens with one attached hydrogen (secondary N) is 1. The number of primary amides is 1. The van der Waals surface area contributed by atoms with Crippen molar-refractivity contribution in [3.63, 3.8) is 0 Å². The summed E-state index contributed by atoms with van der Waals surface area (Å²) in [5.74, 6) is -0.465. The van der Waals surface area contributed by atoms with E-state index >= 15 is 0 Å². The van der Waals surface area contributed by atoms with E-state index in [9.17, 15) is 4.79 Å². The lowest BCUT2D eigenvalue weighted by Crippen LogP contribution is -2.45. The minimum Gasteiger partial charge on any atom is -0.368 e. The van der Waals surface area contributed by atoms with Crippen LogP contribution in [0.1, 0.15) is 13.8 Å². The smallest absolute Gasteiger partial charge is 0.235 e. The van der Waals surface area contributed by atoms with Crippen molar-refractivity contribution in [3.05, 3.63) is 0 Å². The predicted molar refractivity (Wildman–Crippen MR) is 40.3 cm³/mol. The summed E-state index contributed by atoms with van der Waals surface area (Å²) in [6, 6.07) is -0.229. The summed E-state index contributed by atoms with van der Waals surface area (Å²) in [5.41, 5.74) is 10.2. The van der Waals surface area contributed by atoms with Gasteiger partial charge < -0.3 is 16.8 Å². The third-order valence-corrected chi connectivity index (χ3v) is 1.11. The van der Waals surface area contributed by atoms with Gasteiger partial charge in [0.15, 0.2) is 0 Å². The Morgan fingerprint density at radius 3 is 2.40 bits per heavy atom. The molecule has 0 aliphatic heterocycles. The monoisotopic (exact) mass is 145 g/mol. The standard InChI is InChI=1S/C6H15N3O/c1-4(2)9-3-5(7)6(8)10/h4-5,9H,3,7H2,1-2H3,(H2,8,10). The lowest BCUT2D eigenvalue weighted by Gasteiger charge is -2.10. The molecule has 1 amide bonds. The number of amides is 1. The Balaban J connectivity index is 3.40. The molecule has 0 saturated heterocycles. The molecule has 1 atom stereocenters. The molecule has 0 aliphatic carbocycles. The first kappa shape index (κ1) is 9.39. The molecule has 0 bridgehead atoms. The number of carbonyl (C=O) groups is 1. The van der Waals surface area contributed by atoms with Crippen LogP contribution in [0.25, 0.3) is 0 Å². The Labute approximate surface area is 61.0 Å². The molecule has 0 aromatic rings. The van der Waals surface area contributed by atoms with Crippen molar-refractivity contribution < 1.29 is 4.79 Å². The largest absolute Gasteiger partial charge is 0.368 e. The van der Waals surface area contributed by atoms with Crippen molar-refractivity contribution >= 4 is 5.91 Å². The fourth-order valence-corrected chi connectivity index (χ4v) is 0.463. The van der Waals surface area contributed by atoms with Gasteiger partial charge in [0, 0.05) is 12.6 Å². The van der Waals surface area contributed by atoms with Gasteiger partial charge in [-0.1, -0.05) is 13.8 Å². The molecule has 4 heteroatoms. The highest BCUT2D eigenvalue weighted by Gasteiger charge is 2.07. The molecule has 0 heterocycles. The molecule has 1 unspecified atom stereocenters. The zero-order valence-corrected chi connectivity index (χ0v) is 6.42. The minimum atomic E-state index is -0.567. The Kier molecular flexibility index (Phi) is 3.99. The van der Waals surface area contributed by atoms with Gasteiger partial charge in [-0.2, -0.15) is 0 Å². The first-order valence-electron chi connectivity index (χ1n) is 3.32. The summed E-state index contributed by atoms with van der Waals surface area (Å²) in [6.07, 6.45) is 0. The molecule has 0 aliphatic rings. The molecule has 0 aromatic heterocycles. The molecule has 10 heavy (non-hydrogen) atoms. The first-order chi connectivity index (χ1) is 4.54. The highest BCUT2D eigenvalue weighted by molar-refractivity contribution is 5.79. The second-order valence-corrected chi connectivity index (χ2v) is 2.57. The summed E-state index contributed by atoms with van der Waals surface area (Å²) >= 11 is 0. The average molecular weight is 145 g/mol. The average Bonchev–Trinajstić information content (AvgIpc) is 1.82. The normalized spacial score (nSPS) is 13.6. The quantitative estimate of drug-likeness (QED) is 0.464. The van der Waals surface area contributed by atoms with Gasteiger partial charge in [0.25, 0.3) is 0 Å². The van der Waals surface area contributed by atoms with E-state index in [4.69, 9.17) is 11.5 Å². The summed E-state index contributed by atoms with van der Waals surface area (Å²) in [6.45, 7) is 4.41. The summed E-state index contributed by atoms with van der Waals surface area (Å²) < 4.78 is 0. The third kappa shape index (κ3) is 4.29. The maximum atomic E-state index is 10.4. The zero-order valence-electron chi connectivity index (χ0n) is 6.42. The van der Waals surface area contributed by atoms with Crippen LogP contribution in [0.4, 0.5) is 0 Å². The van der Waals surface area contributed by atoms with E-state index < -0.39 is 11.9 Å². The Hall–Kier alpha value is -0.610. The highest BCUT2D eigenvalue weighted by atomic mass is 16.1. The van der Waals surface area contributed by atoms with Gasteiger partial charge in [-0.3, -0.25) is 4.79 Å². The molecule has 0 rings (SSSR count). The number of carbonyl (C=O) groups excluding carboxylic acids is 1. The van der Waals surface area contributed by atoms with E-state index in [0.717, 1.165) is 0 Å². The van der Waals surface area contributed by atoms with Crippen LogP contribution < -0.4 is 16.8 Å².